The molecule has 0 aliphatic heterocycles. The minimum absolute atomic E-state index is 0. The zero-order valence-electron chi connectivity index (χ0n) is 22.4. The number of nitrogens with zero attached hydrogens (tertiary/aromatic N) is 1. The summed E-state index contributed by atoms with van der Waals surface area (Å²) in [7, 11) is -9.72. The van der Waals surface area contributed by atoms with Gasteiger partial charge in [0, 0.05) is 18.1 Å². The summed E-state index contributed by atoms with van der Waals surface area (Å²) in [6.07, 6.45) is 22.3. The van der Waals surface area contributed by atoms with Crippen molar-refractivity contribution < 1.29 is 92.4 Å². The van der Waals surface area contributed by atoms with Gasteiger partial charge in [-0.3, -0.25) is 9.13 Å². The van der Waals surface area contributed by atoms with Crippen molar-refractivity contribution in [3.63, 3.8) is 0 Å². The second-order valence-electron chi connectivity index (χ2n) is 9.24. The molecule has 7 nitrogen and oxygen atoms in total. The van der Waals surface area contributed by atoms with Gasteiger partial charge in [-0.1, -0.05) is 84.0 Å². The van der Waals surface area contributed by atoms with Crippen molar-refractivity contribution in [2.75, 3.05) is 0 Å². The Morgan fingerprint density at radius 1 is 0.743 bits per heavy atom. The van der Waals surface area contributed by atoms with Crippen LogP contribution >= 0.6 is 15.2 Å². The van der Waals surface area contributed by atoms with Crippen LogP contribution in [0.4, 0.5) is 0 Å². The molecule has 0 aromatic carbocycles. The molecular formula is C24H46NNa2O6P2+3. The molecule has 0 saturated heterocycles. The number of aromatic nitrogens is 1. The molecule has 11 heteroatoms. The SMILES string of the molecule is CCCCCCCCCCCCCCCC[n+]1cccc(CCC(P(=O)(O)O)P(=O)(O)O)c1.[Na+].[Na+]. The minimum Gasteiger partial charge on any atom is -0.324 e. The molecule has 0 aliphatic rings. The average molecular weight is 553 g/mol. The van der Waals surface area contributed by atoms with Crippen molar-refractivity contribution in [3.05, 3.63) is 30.1 Å². The van der Waals surface area contributed by atoms with Crippen LogP contribution in [0.5, 0.6) is 0 Å². The largest absolute Gasteiger partial charge is 1.00 e. The first-order valence-electron chi connectivity index (χ1n) is 12.7. The van der Waals surface area contributed by atoms with Crippen molar-refractivity contribution in [3.8, 4) is 0 Å². The summed E-state index contributed by atoms with van der Waals surface area (Å²) in [4.78, 5) is 37.0. The van der Waals surface area contributed by atoms with E-state index in [1.165, 1.54) is 83.5 Å². The Kier molecular flexibility index (Phi) is 24.6. The van der Waals surface area contributed by atoms with Gasteiger partial charge in [0.2, 0.25) is 0 Å². The molecule has 0 saturated carbocycles. The van der Waals surface area contributed by atoms with Crippen LogP contribution in [0.1, 0.15) is 109 Å². The van der Waals surface area contributed by atoms with Gasteiger partial charge in [0.15, 0.2) is 17.8 Å². The smallest absolute Gasteiger partial charge is 0.324 e. The first-order chi connectivity index (χ1) is 15.6. The van der Waals surface area contributed by atoms with Gasteiger partial charge in [0.25, 0.3) is 0 Å². The molecule has 0 bridgehead atoms. The molecule has 0 amide bonds. The van der Waals surface area contributed by atoms with Crippen LogP contribution in [0.25, 0.3) is 0 Å². The minimum atomic E-state index is -4.86. The summed E-state index contributed by atoms with van der Waals surface area (Å²) in [6.45, 7) is 3.12. The van der Waals surface area contributed by atoms with Gasteiger partial charge in [-0.15, -0.1) is 0 Å². The van der Waals surface area contributed by atoms with Crippen molar-refractivity contribution in [2.24, 2.45) is 0 Å². The zero-order chi connectivity index (χ0) is 24.6. The Bertz CT molecular complexity index is 722. The number of hydrogen-bond acceptors (Lipinski definition) is 2. The Balaban J connectivity index is 0. The van der Waals surface area contributed by atoms with Crippen molar-refractivity contribution >= 4 is 15.2 Å². The molecule has 0 aliphatic carbocycles. The third-order valence-corrected chi connectivity index (χ3v) is 10.0. The summed E-state index contributed by atoms with van der Waals surface area (Å²) in [5.74, 6) is 0. The van der Waals surface area contributed by atoms with E-state index in [9.17, 15) is 28.7 Å². The molecule has 1 heterocycles. The molecule has 0 unspecified atom stereocenters. The van der Waals surface area contributed by atoms with Gasteiger partial charge in [-0.25, -0.2) is 4.57 Å². The van der Waals surface area contributed by atoms with E-state index in [1.807, 2.05) is 29.1 Å². The Morgan fingerprint density at radius 2 is 1.17 bits per heavy atom. The van der Waals surface area contributed by atoms with Crippen molar-refractivity contribution in [1.29, 1.82) is 0 Å². The monoisotopic (exact) mass is 552 g/mol. The standard InChI is InChI=1S/C24H45NO6P2.2Na/c1-2-3-4-5-6-7-8-9-10-11-12-13-14-15-20-25-21-16-17-23(22-25)18-19-24(32(26,27)28)33(29,30)31;;/h16-17,21-22,24H,2-15,18-20H2,1H3,(H3-,26,27,28,29,30,31);;/q;2*+1/p+1. The maximum Gasteiger partial charge on any atom is 1.00 e. The molecule has 0 spiro atoms. The van der Waals surface area contributed by atoms with E-state index in [0.29, 0.717) is 0 Å². The normalized spacial score (nSPS) is 11.8. The van der Waals surface area contributed by atoms with E-state index in [2.05, 4.69) is 6.92 Å². The molecule has 1 rings (SSSR count). The second kappa shape index (κ2) is 22.3. The zero-order valence-corrected chi connectivity index (χ0v) is 28.1. The van der Waals surface area contributed by atoms with Gasteiger partial charge in [-0.2, -0.15) is 0 Å². The van der Waals surface area contributed by atoms with Gasteiger partial charge < -0.3 is 19.6 Å². The molecular weight excluding hydrogens is 506 g/mol. The summed E-state index contributed by atoms with van der Waals surface area (Å²) in [6, 6.07) is 3.68. The fourth-order valence-corrected chi connectivity index (χ4v) is 6.68. The van der Waals surface area contributed by atoms with Crippen LogP contribution in [0.3, 0.4) is 0 Å². The second-order valence-corrected chi connectivity index (χ2v) is 13.3. The Hall–Kier alpha value is 1.45. The van der Waals surface area contributed by atoms with E-state index in [4.69, 9.17) is 0 Å². The molecule has 0 fully saturated rings. The number of unbranched alkanes of at least 4 members (excludes halogenated alkanes) is 13. The third kappa shape index (κ3) is 20.1. The maximum atomic E-state index is 11.4. The predicted molar refractivity (Wildman–Crippen MR) is 133 cm³/mol. The molecule has 1 aromatic rings. The van der Waals surface area contributed by atoms with E-state index in [0.717, 1.165) is 18.5 Å². The van der Waals surface area contributed by atoms with Crippen molar-refractivity contribution in [2.45, 2.75) is 122 Å². The van der Waals surface area contributed by atoms with E-state index in [-0.39, 0.29) is 72.0 Å². The predicted octanol–water partition coefficient (Wildman–Crippen LogP) is 0.0775. The summed E-state index contributed by atoms with van der Waals surface area (Å²) in [5, 5.41) is -1.94. The van der Waals surface area contributed by atoms with Gasteiger partial charge in [-0.05, 0) is 25.3 Å². The first-order valence-corrected chi connectivity index (χ1v) is 16.1. The van der Waals surface area contributed by atoms with Gasteiger partial charge in [0.05, 0.1) is 0 Å². The van der Waals surface area contributed by atoms with Crippen LogP contribution < -0.4 is 63.7 Å². The summed E-state index contributed by atoms with van der Waals surface area (Å²) in [5.41, 5.74) is 0.815. The summed E-state index contributed by atoms with van der Waals surface area (Å²) >= 11 is 0. The first kappa shape index (κ1) is 38.6. The number of hydrogen-bond donors (Lipinski definition) is 4. The quantitative estimate of drug-likeness (QED) is 0.0788. The molecule has 4 N–H and O–H groups in total. The van der Waals surface area contributed by atoms with Crippen molar-refractivity contribution in [1.82, 2.24) is 0 Å². The Morgan fingerprint density at radius 3 is 1.60 bits per heavy atom. The van der Waals surface area contributed by atoms with E-state index >= 15 is 0 Å². The number of rotatable bonds is 20. The molecule has 35 heavy (non-hydrogen) atoms. The molecule has 0 atom stereocenters. The number of aryl methyl sites for hydroxylation is 2. The molecule has 0 radical (unpaired) electrons. The van der Waals surface area contributed by atoms with Gasteiger partial charge in [0.1, 0.15) is 6.54 Å². The van der Waals surface area contributed by atoms with E-state index in [1.54, 1.807) is 0 Å². The summed E-state index contributed by atoms with van der Waals surface area (Å²) < 4.78 is 24.9. The van der Waals surface area contributed by atoms with Crippen LogP contribution in [0.2, 0.25) is 0 Å². The fourth-order valence-electron chi connectivity index (χ4n) is 4.18. The van der Waals surface area contributed by atoms with Crippen LogP contribution in [0, 0.1) is 0 Å². The molecule has 192 valence electrons. The van der Waals surface area contributed by atoms with Crippen LogP contribution in [-0.2, 0) is 22.1 Å². The van der Waals surface area contributed by atoms with Crippen LogP contribution in [-0.4, -0.2) is 25.0 Å². The van der Waals surface area contributed by atoms with Crippen LogP contribution in [0.15, 0.2) is 24.5 Å². The molecule has 1 aromatic heterocycles. The van der Waals surface area contributed by atoms with Gasteiger partial charge >= 0.3 is 74.3 Å². The Labute approximate surface area is 257 Å². The average Bonchev–Trinajstić information content (AvgIpc) is 2.72. The topological polar surface area (TPSA) is 119 Å². The fraction of sp³-hybridized carbons (Fsp3) is 0.792. The maximum absolute atomic E-state index is 11.4. The third-order valence-electron chi connectivity index (χ3n) is 6.16. The number of pyridine rings is 1. The van der Waals surface area contributed by atoms with E-state index < -0.39 is 20.6 Å².